The van der Waals surface area contributed by atoms with Crippen molar-refractivity contribution in [1.29, 1.82) is 0 Å². The zero-order chi connectivity index (χ0) is 8.34. The molecule has 3 fully saturated rings. The van der Waals surface area contributed by atoms with Gasteiger partial charge < -0.3 is 4.90 Å². The molecule has 1 heteroatoms. The molecule has 0 amide bonds. The number of fused-ring (bicyclic) bond motifs is 5. The van der Waals surface area contributed by atoms with Crippen LogP contribution in [0.25, 0.3) is 0 Å². The maximum Gasteiger partial charge on any atom is 0.00152 e. The van der Waals surface area contributed by atoms with E-state index in [9.17, 15) is 0 Å². The van der Waals surface area contributed by atoms with E-state index >= 15 is 0 Å². The second-order valence-electron chi connectivity index (χ2n) is 5.65. The molecule has 0 radical (unpaired) electrons. The summed E-state index contributed by atoms with van der Waals surface area (Å²) in [6, 6.07) is 0. The van der Waals surface area contributed by atoms with Gasteiger partial charge >= 0.3 is 0 Å². The van der Waals surface area contributed by atoms with Crippen molar-refractivity contribution in [2.75, 3.05) is 20.1 Å². The lowest BCUT2D eigenvalue weighted by Gasteiger charge is -2.31. The first-order valence-electron chi connectivity index (χ1n) is 5.38. The van der Waals surface area contributed by atoms with E-state index in [2.05, 4.69) is 18.9 Å². The first-order valence-corrected chi connectivity index (χ1v) is 5.38. The van der Waals surface area contributed by atoms with Crippen LogP contribution in [0.1, 0.15) is 26.2 Å². The molecule has 3 aliphatic rings. The Kier molecular flexibility index (Phi) is 1.27. The summed E-state index contributed by atoms with van der Waals surface area (Å²) in [5.74, 6) is 3.24. The third kappa shape index (κ3) is 0.736. The Morgan fingerprint density at radius 1 is 1.33 bits per heavy atom. The third-order valence-corrected chi connectivity index (χ3v) is 4.86. The number of likely N-dealkylation sites (tertiary alicyclic amines) is 1. The summed E-state index contributed by atoms with van der Waals surface area (Å²) in [4.78, 5) is 2.55. The summed E-state index contributed by atoms with van der Waals surface area (Å²) in [5.41, 5.74) is 0.750. The standard InChI is InChI=1S/C11H19N/c1-11-4-3-8(5-11)9-6-12(2)7-10(9)11/h8-10H,3-7H2,1-2H3. The lowest BCUT2D eigenvalue weighted by molar-refractivity contribution is 0.186. The van der Waals surface area contributed by atoms with Crippen molar-refractivity contribution in [1.82, 2.24) is 4.90 Å². The minimum Gasteiger partial charge on any atom is -0.306 e. The van der Waals surface area contributed by atoms with Gasteiger partial charge in [-0.15, -0.1) is 0 Å². The fourth-order valence-electron chi connectivity index (χ4n) is 4.27. The molecular formula is C11H19N. The van der Waals surface area contributed by atoms with Crippen LogP contribution in [-0.4, -0.2) is 25.0 Å². The molecule has 0 aromatic heterocycles. The van der Waals surface area contributed by atoms with E-state index in [0.29, 0.717) is 0 Å². The predicted molar refractivity (Wildman–Crippen MR) is 49.9 cm³/mol. The lowest BCUT2D eigenvalue weighted by atomic mass is 9.73. The fourth-order valence-corrected chi connectivity index (χ4v) is 4.27. The molecule has 2 saturated carbocycles. The van der Waals surface area contributed by atoms with Crippen LogP contribution in [0.15, 0.2) is 0 Å². The smallest absolute Gasteiger partial charge is 0.00152 e. The second-order valence-corrected chi connectivity index (χ2v) is 5.65. The molecule has 1 aliphatic heterocycles. The molecule has 2 bridgehead atoms. The number of hydrogen-bond acceptors (Lipinski definition) is 1. The molecule has 0 aromatic rings. The molecule has 0 aromatic carbocycles. The molecular weight excluding hydrogens is 146 g/mol. The van der Waals surface area contributed by atoms with Crippen molar-refractivity contribution in [2.45, 2.75) is 26.2 Å². The molecule has 1 heterocycles. The zero-order valence-corrected chi connectivity index (χ0v) is 8.21. The van der Waals surface area contributed by atoms with E-state index in [4.69, 9.17) is 0 Å². The van der Waals surface area contributed by atoms with Gasteiger partial charge in [-0.25, -0.2) is 0 Å². The Bertz CT molecular complexity index is 213. The Hall–Kier alpha value is -0.0400. The maximum absolute atomic E-state index is 2.55. The molecule has 3 rings (SSSR count). The zero-order valence-electron chi connectivity index (χ0n) is 8.21. The monoisotopic (exact) mass is 165 g/mol. The third-order valence-electron chi connectivity index (χ3n) is 4.86. The average molecular weight is 165 g/mol. The van der Waals surface area contributed by atoms with Gasteiger partial charge in [0.1, 0.15) is 0 Å². The molecule has 1 saturated heterocycles. The van der Waals surface area contributed by atoms with Crippen molar-refractivity contribution in [2.24, 2.45) is 23.2 Å². The highest BCUT2D eigenvalue weighted by Crippen LogP contribution is 2.62. The Morgan fingerprint density at radius 3 is 2.92 bits per heavy atom. The second kappa shape index (κ2) is 2.06. The number of hydrogen-bond donors (Lipinski definition) is 0. The number of nitrogens with zero attached hydrogens (tertiary/aromatic N) is 1. The molecule has 2 aliphatic carbocycles. The van der Waals surface area contributed by atoms with Crippen LogP contribution in [0.4, 0.5) is 0 Å². The molecule has 12 heavy (non-hydrogen) atoms. The Balaban J connectivity index is 1.93. The van der Waals surface area contributed by atoms with Gasteiger partial charge in [0, 0.05) is 13.1 Å². The summed E-state index contributed by atoms with van der Waals surface area (Å²) in [7, 11) is 2.29. The van der Waals surface area contributed by atoms with E-state index < -0.39 is 0 Å². The summed E-state index contributed by atoms with van der Waals surface area (Å²) >= 11 is 0. The summed E-state index contributed by atoms with van der Waals surface area (Å²) in [6.07, 6.45) is 4.61. The lowest BCUT2D eigenvalue weighted by Crippen LogP contribution is -2.27. The van der Waals surface area contributed by atoms with E-state index in [1.807, 2.05) is 0 Å². The quantitative estimate of drug-likeness (QED) is 0.530. The van der Waals surface area contributed by atoms with Crippen LogP contribution in [-0.2, 0) is 0 Å². The largest absolute Gasteiger partial charge is 0.306 e. The topological polar surface area (TPSA) is 3.24 Å². The molecule has 4 unspecified atom stereocenters. The van der Waals surface area contributed by atoms with Crippen molar-refractivity contribution in [3.8, 4) is 0 Å². The van der Waals surface area contributed by atoms with Crippen LogP contribution in [0, 0.1) is 23.2 Å². The van der Waals surface area contributed by atoms with Gasteiger partial charge in [0.2, 0.25) is 0 Å². The van der Waals surface area contributed by atoms with E-state index in [1.165, 1.54) is 25.9 Å². The molecule has 0 spiro atoms. The van der Waals surface area contributed by atoms with Crippen molar-refractivity contribution in [3.63, 3.8) is 0 Å². The van der Waals surface area contributed by atoms with Gasteiger partial charge in [-0.2, -0.15) is 0 Å². The van der Waals surface area contributed by atoms with Crippen LogP contribution in [0.5, 0.6) is 0 Å². The van der Waals surface area contributed by atoms with Gasteiger partial charge in [-0.3, -0.25) is 0 Å². The summed E-state index contributed by atoms with van der Waals surface area (Å²) < 4.78 is 0. The van der Waals surface area contributed by atoms with Crippen LogP contribution >= 0.6 is 0 Å². The minimum atomic E-state index is 0.750. The van der Waals surface area contributed by atoms with Gasteiger partial charge in [0.05, 0.1) is 0 Å². The SMILES string of the molecule is CN1CC2C3CCC(C)(C3)C2C1. The minimum absolute atomic E-state index is 0.750. The fraction of sp³-hybridized carbons (Fsp3) is 1.00. The van der Waals surface area contributed by atoms with Crippen molar-refractivity contribution >= 4 is 0 Å². The molecule has 4 atom stereocenters. The predicted octanol–water partition coefficient (Wildman–Crippen LogP) is 1.98. The average Bonchev–Trinajstić information content (AvgIpc) is 2.57. The Labute approximate surface area is 75.1 Å². The van der Waals surface area contributed by atoms with Crippen LogP contribution < -0.4 is 0 Å². The van der Waals surface area contributed by atoms with Crippen LogP contribution in [0.2, 0.25) is 0 Å². The molecule has 0 N–H and O–H groups in total. The van der Waals surface area contributed by atoms with Gasteiger partial charge in [-0.05, 0) is 49.5 Å². The first-order chi connectivity index (χ1) is 5.69. The van der Waals surface area contributed by atoms with E-state index in [0.717, 1.165) is 23.2 Å². The van der Waals surface area contributed by atoms with E-state index in [1.54, 1.807) is 6.42 Å². The highest BCUT2D eigenvalue weighted by atomic mass is 15.1. The number of rotatable bonds is 0. The van der Waals surface area contributed by atoms with Crippen molar-refractivity contribution < 1.29 is 0 Å². The molecule has 68 valence electrons. The first kappa shape index (κ1) is 7.37. The summed E-state index contributed by atoms with van der Waals surface area (Å²) in [5, 5.41) is 0. The van der Waals surface area contributed by atoms with Crippen LogP contribution in [0.3, 0.4) is 0 Å². The van der Waals surface area contributed by atoms with Crippen molar-refractivity contribution in [3.05, 3.63) is 0 Å². The normalized spacial score (nSPS) is 58.0. The molecule has 1 nitrogen and oxygen atoms in total. The van der Waals surface area contributed by atoms with Gasteiger partial charge in [0.15, 0.2) is 0 Å². The van der Waals surface area contributed by atoms with Gasteiger partial charge in [-0.1, -0.05) is 6.92 Å². The van der Waals surface area contributed by atoms with E-state index in [-0.39, 0.29) is 0 Å². The van der Waals surface area contributed by atoms with Gasteiger partial charge in [0.25, 0.3) is 0 Å². The Morgan fingerprint density at radius 2 is 2.17 bits per heavy atom. The highest BCUT2D eigenvalue weighted by Gasteiger charge is 2.57. The maximum atomic E-state index is 2.55. The summed E-state index contributed by atoms with van der Waals surface area (Å²) in [6.45, 7) is 5.32. The highest BCUT2D eigenvalue weighted by molar-refractivity contribution is 5.07.